The minimum Gasteiger partial charge on any atom is -0.490 e. The largest absolute Gasteiger partial charge is 0.490 e. The van der Waals surface area contributed by atoms with Crippen molar-refractivity contribution in [3.05, 3.63) is 52.0 Å². The van der Waals surface area contributed by atoms with Crippen molar-refractivity contribution in [2.45, 2.75) is 12.8 Å². The Kier molecular flexibility index (Phi) is 8.12. The molecule has 0 fully saturated rings. The molecule has 0 atom stereocenters. The van der Waals surface area contributed by atoms with Gasteiger partial charge < -0.3 is 20.5 Å². The van der Waals surface area contributed by atoms with Gasteiger partial charge >= 0.3 is 0 Å². The Hall–Kier alpha value is -1.38. The van der Waals surface area contributed by atoms with E-state index in [1.54, 1.807) is 6.07 Å². The van der Waals surface area contributed by atoms with Crippen molar-refractivity contribution in [1.29, 1.82) is 0 Å². The summed E-state index contributed by atoms with van der Waals surface area (Å²) in [4.78, 5) is 4.33. The number of nitrogens with one attached hydrogen (secondary N) is 1. The van der Waals surface area contributed by atoms with Gasteiger partial charge in [-0.2, -0.15) is 0 Å². The number of anilines is 1. The number of rotatable bonds is 4. The first-order chi connectivity index (χ1) is 12.1. The highest BCUT2D eigenvalue weighted by Gasteiger charge is 2.10. The van der Waals surface area contributed by atoms with Crippen LogP contribution in [0, 0.1) is 0 Å². The fourth-order valence-corrected chi connectivity index (χ4v) is 3.06. The topological polar surface area (TPSA) is 68.9 Å². The van der Waals surface area contributed by atoms with E-state index in [0.717, 1.165) is 23.4 Å². The van der Waals surface area contributed by atoms with Gasteiger partial charge in [0.25, 0.3) is 0 Å². The van der Waals surface area contributed by atoms with Gasteiger partial charge in [0.05, 0.1) is 13.2 Å². The van der Waals surface area contributed by atoms with Crippen molar-refractivity contribution in [2.24, 2.45) is 10.7 Å². The van der Waals surface area contributed by atoms with E-state index in [-0.39, 0.29) is 24.0 Å². The second kappa shape index (κ2) is 10.1. The molecule has 8 heteroatoms. The Morgan fingerprint density at radius 1 is 1.04 bits per heavy atom. The molecule has 1 aliphatic heterocycles. The molecule has 1 heterocycles. The van der Waals surface area contributed by atoms with E-state index < -0.39 is 0 Å². The fraction of sp³-hybridized carbons (Fsp3) is 0.278. The van der Waals surface area contributed by atoms with Gasteiger partial charge in [0.15, 0.2) is 17.5 Å². The summed E-state index contributed by atoms with van der Waals surface area (Å²) in [6, 6.07) is 11.1. The molecule has 0 bridgehead atoms. The molecule has 2 aromatic carbocycles. The lowest BCUT2D eigenvalue weighted by Gasteiger charge is -2.10. The Bertz CT molecular complexity index is 767. The zero-order chi connectivity index (χ0) is 17.6. The van der Waals surface area contributed by atoms with Gasteiger partial charge in [0.1, 0.15) is 0 Å². The molecule has 5 nitrogen and oxygen atoms in total. The van der Waals surface area contributed by atoms with Gasteiger partial charge in [-0.25, -0.2) is 0 Å². The zero-order valence-electron chi connectivity index (χ0n) is 14.0. The number of halogens is 3. The van der Waals surface area contributed by atoms with Crippen molar-refractivity contribution < 1.29 is 9.47 Å². The Balaban J connectivity index is 0.00000243. The molecule has 0 amide bonds. The standard InChI is InChI=1S/C18H19Cl2N3O2.HI/c19-13-8-12(9-14(20)10-13)4-5-22-18(21)23-15-2-3-16-17(11-15)25-7-1-6-24-16;/h2-3,8-11H,1,4-7H2,(H3,21,22,23);1H. The van der Waals surface area contributed by atoms with Crippen molar-refractivity contribution in [2.75, 3.05) is 25.1 Å². The summed E-state index contributed by atoms with van der Waals surface area (Å²) in [5.74, 6) is 1.79. The molecular weight excluding hydrogens is 488 g/mol. The van der Waals surface area contributed by atoms with E-state index in [1.165, 1.54) is 0 Å². The number of nitrogens with two attached hydrogens (primary N) is 1. The first-order valence-corrected chi connectivity index (χ1v) is 8.77. The fourth-order valence-electron chi connectivity index (χ4n) is 2.49. The van der Waals surface area contributed by atoms with Crippen LogP contribution in [0.1, 0.15) is 12.0 Å². The molecule has 2 aromatic rings. The minimum absolute atomic E-state index is 0. The predicted octanol–water partition coefficient (Wildman–Crippen LogP) is 4.74. The third-order valence-corrected chi connectivity index (χ3v) is 4.06. The number of hydrogen-bond donors (Lipinski definition) is 2. The molecule has 0 aromatic heterocycles. The van der Waals surface area contributed by atoms with Crippen LogP contribution < -0.4 is 20.5 Å². The molecule has 140 valence electrons. The van der Waals surface area contributed by atoms with Gasteiger partial charge in [-0.05, 0) is 42.3 Å². The summed E-state index contributed by atoms with van der Waals surface area (Å²) in [6.45, 7) is 1.83. The number of benzene rings is 2. The lowest BCUT2D eigenvalue weighted by Crippen LogP contribution is -2.23. The molecule has 0 aliphatic carbocycles. The summed E-state index contributed by atoms with van der Waals surface area (Å²) in [5.41, 5.74) is 7.77. The lowest BCUT2D eigenvalue weighted by atomic mass is 10.1. The lowest BCUT2D eigenvalue weighted by molar-refractivity contribution is 0.297. The summed E-state index contributed by atoms with van der Waals surface area (Å²) in [7, 11) is 0. The second-order valence-corrected chi connectivity index (χ2v) is 6.50. The van der Waals surface area contributed by atoms with Crippen LogP contribution in [0.3, 0.4) is 0 Å². The van der Waals surface area contributed by atoms with Gasteiger partial charge in [-0.3, -0.25) is 4.99 Å². The normalized spacial score (nSPS) is 13.5. The van der Waals surface area contributed by atoms with Crippen molar-refractivity contribution in [3.8, 4) is 11.5 Å². The average molecular weight is 508 g/mol. The van der Waals surface area contributed by atoms with Gasteiger partial charge in [-0.1, -0.05) is 23.2 Å². The molecule has 0 radical (unpaired) electrons. The summed E-state index contributed by atoms with van der Waals surface area (Å²) < 4.78 is 11.3. The highest BCUT2D eigenvalue weighted by Crippen LogP contribution is 2.32. The number of fused-ring (bicyclic) bond motifs is 1. The van der Waals surface area contributed by atoms with E-state index in [4.69, 9.17) is 38.4 Å². The van der Waals surface area contributed by atoms with Crippen LogP contribution in [0.4, 0.5) is 5.69 Å². The highest BCUT2D eigenvalue weighted by atomic mass is 127. The Morgan fingerprint density at radius 3 is 2.46 bits per heavy atom. The van der Waals surface area contributed by atoms with Crippen LogP contribution in [0.2, 0.25) is 10.0 Å². The van der Waals surface area contributed by atoms with E-state index in [9.17, 15) is 0 Å². The monoisotopic (exact) mass is 507 g/mol. The summed E-state index contributed by atoms with van der Waals surface area (Å²) in [5, 5.41) is 4.29. The van der Waals surface area contributed by atoms with Crippen molar-refractivity contribution >= 4 is 58.8 Å². The number of hydrogen-bond acceptors (Lipinski definition) is 3. The molecule has 26 heavy (non-hydrogen) atoms. The third kappa shape index (κ3) is 6.10. The highest BCUT2D eigenvalue weighted by molar-refractivity contribution is 14.0. The van der Waals surface area contributed by atoms with Crippen molar-refractivity contribution in [3.63, 3.8) is 0 Å². The third-order valence-electron chi connectivity index (χ3n) is 3.62. The van der Waals surface area contributed by atoms with Crippen LogP contribution in [0.5, 0.6) is 11.5 Å². The summed E-state index contributed by atoms with van der Waals surface area (Å²) >= 11 is 12.0. The molecule has 0 unspecified atom stereocenters. The quantitative estimate of drug-likeness (QED) is 0.356. The molecule has 1 aliphatic rings. The van der Waals surface area contributed by atoms with E-state index in [1.807, 2.05) is 30.3 Å². The number of nitrogens with zero attached hydrogens (tertiary/aromatic N) is 1. The van der Waals surface area contributed by atoms with E-state index in [2.05, 4.69) is 10.3 Å². The maximum atomic E-state index is 5.99. The molecule has 0 saturated carbocycles. The first-order valence-electron chi connectivity index (χ1n) is 8.02. The number of ether oxygens (including phenoxy) is 2. The number of guanidine groups is 1. The van der Waals surface area contributed by atoms with Crippen LogP contribution in [-0.4, -0.2) is 25.7 Å². The zero-order valence-corrected chi connectivity index (χ0v) is 17.8. The summed E-state index contributed by atoms with van der Waals surface area (Å²) in [6.07, 6.45) is 1.57. The number of aliphatic imine (C=N–C) groups is 1. The predicted molar refractivity (Wildman–Crippen MR) is 118 cm³/mol. The molecule has 3 N–H and O–H groups in total. The molecule has 3 rings (SSSR count). The second-order valence-electron chi connectivity index (χ2n) is 5.63. The van der Waals surface area contributed by atoms with Crippen LogP contribution in [-0.2, 0) is 6.42 Å². The van der Waals surface area contributed by atoms with Gasteiger partial charge in [0.2, 0.25) is 0 Å². The Labute approximate surface area is 179 Å². The van der Waals surface area contributed by atoms with Gasteiger partial charge in [0, 0.05) is 34.8 Å². The maximum Gasteiger partial charge on any atom is 0.193 e. The smallest absolute Gasteiger partial charge is 0.193 e. The van der Waals surface area contributed by atoms with Crippen LogP contribution in [0.15, 0.2) is 41.4 Å². The van der Waals surface area contributed by atoms with Crippen LogP contribution >= 0.6 is 47.2 Å². The van der Waals surface area contributed by atoms with Crippen LogP contribution in [0.25, 0.3) is 0 Å². The molecule has 0 spiro atoms. The SMILES string of the molecule is I.NC(=NCCc1cc(Cl)cc(Cl)c1)Nc1ccc2c(c1)OCCCO2. The van der Waals surface area contributed by atoms with Gasteiger partial charge in [-0.15, -0.1) is 24.0 Å². The average Bonchev–Trinajstić information content (AvgIpc) is 2.79. The minimum atomic E-state index is 0. The van der Waals surface area contributed by atoms with E-state index in [0.29, 0.717) is 47.9 Å². The molecular formula is C18H20Cl2IN3O2. The van der Waals surface area contributed by atoms with E-state index >= 15 is 0 Å². The first kappa shape index (κ1) is 20.9. The Morgan fingerprint density at radius 2 is 1.73 bits per heavy atom. The maximum absolute atomic E-state index is 5.99. The van der Waals surface area contributed by atoms with Crippen molar-refractivity contribution in [1.82, 2.24) is 0 Å². The molecule has 0 saturated heterocycles.